The Morgan fingerprint density at radius 2 is 1.17 bits per heavy atom. The van der Waals surface area contributed by atoms with Crippen molar-refractivity contribution in [2.75, 3.05) is 0 Å². The number of benzene rings is 6. The normalized spacial score (nSPS) is 11.9. The van der Waals surface area contributed by atoms with Gasteiger partial charge in [0.05, 0.1) is 21.3 Å². The largest absolute Gasteiger partial charge is 0.309 e. The molecule has 9 aromatic rings. The maximum Gasteiger partial charge on any atom is 0.124 e. The van der Waals surface area contributed by atoms with Crippen LogP contribution < -0.4 is 0 Å². The average molecular weight is 559 g/mol. The van der Waals surface area contributed by atoms with Crippen LogP contribution in [0.1, 0.15) is 0 Å². The van der Waals surface area contributed by atoms with Gasteiger partial charge < -0.3 is 4.57 Å². The zero-order valence-electron chi connectivity index (χ0n) is 21.9. The molecule has 0 saturated carbocycles. The molecule has 6 aromatic carbocycles. The summed E-state index contributed by atoms with van der Waals surface area (Å²) in [5.74, 6) is 0. The van der Waals surface area contributed by atoms with E-state index in [0.29, 0.717) is 0 Å². The third-order valence-corrected chi connectivity index (χ3v) is 10.3. The molecule has 0 spiro atoms. The van der Waals surface area contributed by atoms with Gasteiger partial charge in [-0.15, -0.1) is 22.7 Å². The first-order valence-corrected chi connectivity index (χ1v) is 15.4. The number of hydrogen-bond donors (Lipinski definition) is 0. The van der Waals surface area contributed by atoms with Crippen molar-refractivity contribution >= 4 is 74.9 Å². The number of thiazole rings is 1. The molecule has 192 valence electrons. The molecular formula is C37H22N2S2. The predicted octanol–water partition coefficient (Wildman–Crippen LogP) is 11.1. The fourth-order valence-electron chi connectivity index (χ4n) is 6.13. The van der Waals surface area contributed by atoms with Crippen LogP contribution in [0.4, 0.5) is 0 Å². The van der Waals surface area contributed by atoms with Crippen LogP contribution in [0.15, 0.2) is 133 Å². The molecule has 3 heterocycles. The van der Waals surface area contributed by atoms with E-state index in [4.69, 9.17) is 4.98 Å². The first-order chi connectivity index (χ1) is 20.3. The first-order valence-electron chi connectivity index (χ1n) is 13.7. The molecule has 41 heavy (non-hydrogen) atoms. The van der Waals surface area contributed by atoms with Crippen molar-refractivity contribution in [1.29, 1.82) is 0 Å². The Kier molecular flexibility index (Phi) is 4.97. The lowest BCUT2D eigenvalue weighted by atomic mass is 10.0. The number of thiophene rings is 1. The second kappa shape index (κ2) is 8.87. The van der Waals surface area contributed by atoms with Crippen molar-refractivity contribution in [2.45, 2.75) is 0 Å². The summed E-state index contributed by atoms with van der Waals surface area (Å²) in [6, 6.07) is 48.1. The quantitative estimate of drug-likeness (QED) is 0.211. The molecule has 0 atom stereocenters. The van der Waals surface area contributed by atoms with Gasteiger partial charge in [-0.1, -0.05) is 78.9 Å². The molecule has 0 fully saturated rings. The van der Waals surface area contributed by atoms with Gasteiger partial charge >= 0.3 is 0 Å². The zero-order valence-corrected chi connectivity index (χ0v) is 23.5. The number of rotatable bonds is 3. The maximum absolute atomic E-state index is 5.09. The second-order valence-electron chi connectivity index (χ2n) is 10.4. The highest BCUT2D eigenvalue weighted by Crippen LogP contribution is 2.43. The van der Waals surface area contributed by atoms with E-state index in [-0.39, 0.29) is 0 Å². The summed E-state index contributed by atoms with van der Waals surface area (Å²) >= 11 is 3.67. The minimum atomic E-state index is 1.06. The zero-order chi connectivity index (χ0) is 26.9. The van der Waals surface area contributed by atoms with Gasteiger partial charge in [0.25, 0.3) is 0 Å². The molecule has 0 aliphatic rings. The number of fused-ring (bicyclic) bond motifs is 8. The van der Waals surface area contributed by atoms with Crippen LogP contribution in [-0.2, 0) is 0 Å². The van der Waals surface area contributed by atoms with Gasteiger partial charge in [0, 0.05) is 42.2 Å². The van der Waals surface area contributed by atoms with E-state index in [9.17, 15) is 0 Å². The Balaban J connectivity index is 1.15. The van der Waals surface area contributed by atoms with Gasteiger partial charge in [-0.05, 0) is 65.7 Å². The van der Waals surface area contributed by atoms with Crippen LogP contribution in [0.3, 0.4) is 0 Å². The van der Waals surface area contributed by atoms with Gasteiger partial charge in [0.15, 0.2) is 0 Å². The molecule has 0 unspecified atom stereocenters. The highest BCUT2D eigenvalue weighted by Gasteiger charge is 2.16. The van der Waals surface area contributed by atoms with Crippen LogP contribution in [0.25, 0.3) is 79.6 Å². The number of aromatic nitrogens is 2. The van der Waals surface area contributed by atoms with Crippen LogP contribution >= 0.6 is 22.7 Å². The number of nitrogens with zero attached hydrogens (tertiary/aromatic N) is 2. The van der Waals surface area contributed by atoms with E-state index >= 15 is 0 Å². The summed E-state index contributed by atoms with van der Waals surface area (Å²) in [6.45, 7) is 0. The highest BCUT2D eigenvalue weighted by molar-refractivity contribution is 7.28. The van der Waals surface area contributed by atoms with Crippen molar-refractivity contribution in [3.8, 4) is 27.4 Å². The van der Waals surface area contributed by atoms with Crippen molar-refractivity contribution in [1.82, 2.24) is 9.55 Å². The Hall–Kier alpha value is -4.77. The lowest BCUT2D eigenvalue weighted by Gasteiger charge is -2.08. The van der Waals surface area contributed by atoms with Gasteiger partial charge in [0.1, 0.15) is 5.01 Å². The molecule has 0 aliphatic heterocycles. The van der Waals surface area contributed by atoms with E-state index < -0.39 is 0 Å². The van der Waals surface area contributed by atoms with Gasteiger partial charge in [-0.25, -0.2) is 4.98 Å². The highest BCUT2D eigenvalue weighted by atomic mass is 32.1. The molecule has 0 N–H and O–H groups in total. The lowest BCUT2D eigenvalue weighted by Crippen LogP contribution is -1.93. The molecule has 2 nitrogen and oxygen atoms in total. The van der Waals surface area contributed by atoms with E-state index in [1.54, 1.807) is 11.3 Å². The molecule has 0 aliphatic carbocycles. The fourth-order valence-corrected chi connectivity index (χ4v) is 8.48. The Bertz CT molecular complexity index is 2350. The Labute approximate surface area is 244 Å². The van der Waals surface area contributed by atoms with Crippen molar-refractivity contribution < 1.29 is 0 Å². The minimum Gasteiger partial charge on any atom is -0.309 e. The van der Waals surface area contributed by atoms with Crippen LogP contribution in [0.5, 0.6) is 0 Å². The van der Waals surface area contributed by atoms with Crippen molar-refractivity contribution in [3.05, 3.63) is 133 Å². The summed E-state index contributed by atoms with van der Waals surface area (Å²) in [4.78, 5) is 5.09. The summed E-state index contributed by atoms with van der Waals surface area (Å²) < 4.78 is 6.26. The summed E-state index contributed by atoms with van der Waals surface area (Å²) in [6.07, 6.45) is 0. The minimum absolute atomic E-state index is 1.06. The molecule has 0 radical (unpaired) electrons. The lowest BCUT2D eigenvalue weighted by molar-refractivity contribution is 1.18. The average Bonchev–Trinajstić information content (AvgIpc) is 3.73. The third kappa shape index (κ3) is 3.51. The van der Waals surface area contributed by atoms with Crippen LogP contribution in [0.2, 0.25) is 0 Å². The number of para-hydroxylation sites is 2. The summed E-state index contributed by atoms with van der Waals surface area (Å²) in [7, 11) is 0. The fraction of sp³-hybridized carbons (Fsp3) is 0. The van der Waals surface area contributed by atoms with Crippen molar-refractivity contribution in [2.24, 2.45) is 0 Å². The molecule has 9 rings (SSSR count). The summed E-state index contributed by atoms with van der Waals surface area (Å²) in [5.41, 5.74) is 8.33. The third-order valence-electron chi connectivity index (χ3n) is 8.05. The molecule has 0 saturated heterocycles. The van der Waals surface area contributed by atoms with E-state index in [2.05, 4.69) is 138 Å². The van der Waals surface area contributed by atoms with Gasteiger partial charge in [-0.2, -0.15) is 0 Å². The first kappa shape index (κ1) is 23.0. The standard InChI is InChI=1S/C37H22N2S2/c1-2-8-23(9-3-1)25-16-19-29-34(22-25)40-33-21-20-30-36(35(29)33)41-37(38-30)24-14-17-26(18-15-24)39-31-12-6-4-10-27(31)28-11-5-7-13-32(28)39/h1-22H. The SMILES string of the molecule is c1ccc(-c2ccc3c(c2)sc2ccc4nc(-c5ccc(-n6c7ccccc7c7ccccc76)cc5)sc4c23)cc1. The molecule has 3 aromatic heterocycles. The summed E-state index contributed by atoms with van der Waals surface area (Å²) in [5, 5.41) is 6.25. The topological polar surface area (TPSA) is 17.8 Å². The van der Waals surface area contributed by atoms with Gasteiger partial charge in [-0.3, -0.25) is 0 Å². The molecular weight excluding hydrogens is 537 g/mol. The van der Waals surface area contributed by atoms with Crippen LogP contribution in [-0.4, -0.2) is 9.55 Å². The number of hydrogen-bond acceptors (Lipinski definition) is 3. The maximum atomic E-state index is 5.09. The smallest absolute Gasteiger partial charge is 0.124 e. The van der Waals surface area contributed by atoms with Gasteiger partial charge in [0.2, 0.25) is 0 Å². The molecule has 0 amide bonds. The Morgan fingerprint density at radius 3 is 1.93 bits per heavy atom. The van der Waals surface area contributed by atoms with Crippen LogP contribution in [0, 0.1) is 0 Å². The molecule has 0 bridgehead atoms. The predicted molar refractivity (Wildman–Crippen MR) is 178 cm³/mol. The molecule has 4 heteroatoms. The monoisotopic (exact) mass is 558 g/mol. The van der Waals surface area contributed by atoms with E-state index in [1.165, 1.54) is 57.8 Å². The van der Waals surface area contributed by atoms with E-state index in [1.807, 2.05) is 11.3 Å². The van der Waals surface area contributed by atoms with E-state index in [0.717, 1.165) is 21.8 Å². The second-order valence-corrected chi connectivity index (χ2v) is 12.5. The Morgan fingerprint density at radius 1 is 0.488 bits per heavy atom. The van der Waals surface area contributed by atoms with Crippen molar-refractivity contribution in [3.63, 3.8) is 0 Å².